The Morgan fingerprint density at radius 2 is 1.74 bits per heavy atom. The van der Waals surface area contributed by atoms with Crippen molar-refractivity contribution in [1.29, 1.82) is 0 Å². The Balaban J connectivity index is 2.07. The predicted octanol–water partition coefficient (Wildman–Crippen LogP) is 2.14. The van der Waals surface area contributed by atoms with Crippen molar-refractivity contribution in [2.45, 2.75) is 19.0 Å². The quantitative estimate of drug-likeness (QED) is 0.920. The van der Waals surface area contributed by atoms with Gasteiger partial charge in [0.05, 0.1) is 11.3 Å². The van der Waals surface area contributed by atoms with E-state index in [9.17, 15) is 22.8 Å². The fourth-order valence-corrected chi connectivity index (χ4v) is 2.68. The highest BCUT2D eigenvalue weighted by atomic mass is 19.4. The first kappa shape index (κ1) is 15.4. The lowest BCUT2D eigenvalue weighted by Crippen LogP contribution is -2.36. The van der Waals surface area contributed by atoms with E-state index in [1.807, 2.05) is 4.90 Å². The largest absolute Gasteiger partial charge is 0.416 e. The molecular formula is C15H14F3N3O2. The van der Waals surface area contributed by atoms with Crippen LogP contribution < -0.4 is 16.1 Å². The Bertz CT molecular complexity index is 802. The molecule has 0 amide bonds. The second kappa shape index (κ2) is 5.60. The van der Waals surface area contributed by atoms with E-state index >= 15 is 0 Å². The zero-order valence-corrected chi connectivity index (χ0v) is 12.1. The SMILES string of the molecule is O=c1cc(N2CCCC2)[nH]c(=O)n1-c1cccc(C(F)(F)F)c1. The summed E-state index contributed by atoms with van der Waals surface area (Å²) in [5.74, 6) is 0.403. The van der Waals surface area contributed by atoms with Gasteiger partial charge in [0.25, 0.3) is 5.56 Å². The van der Waals surface area contributed by atoms with E-state index in [0.29, 0.717) is 10.4 Å². The second-order valence-corrected chi connectivity index (χ2v) is 5.38. The number of nitrogens with zero attached hydrogens (tertiary/aromatic N) is 2. The van der Waals surface area contributed by atoms with Crippen LogP contribution >= 0.6 is 0 Å². The summed E-state index contributed by atoms with van der Waals surface area (Å²) >= 11 is 0. The van der Waals surface area contributed by atoms with Crippen molar-refractivity contribution >= 4 is 5.82 Å². The molecule has 1 aliphatic rings. The molecule has 0 atom stereocenters. The highest BCUT2D eigenvalue weighted by Crippen LogP contribution is 2.29. The molecule has 1 N–H and O–H groups in total. The van der Waals surface area contributed by atoms with Gasteiger partial charge in [-0.05, 0) is 31.0 Å². The fourth-order valence-electron chi connectivity index (χ4n) is 2.68. The smallest absolute Gasteiger partial charge is 0.358 e. The third-order valence-electron chi connectivity index (χ3n) is 3.80. The maximum absolute atomic E-state index is 12.8. The number of hydrogen-bond donors (Lipinski definition) is 1. The van der Waals surface area contributed by atoms with Crippen molar-refractivity contribution in [1.82, 2.24) is 9.55 Å². The molecule has 0 radical (unpaired) electrons. The molecule has 2 heterocycles. The van der Waals surface area contributed by atoms with Crippen molar-refractivity contribution < 1.29 is 13.2 Å². The van der Waals surface area contributed by atoms with E-state index in [2.05, 4.69) is 4.98 Å². The van der Waals surface area contributed by atoms with Crippen LogP contribution in [0.2, 0.25) is 0 Å². The van der Waals surface area contributed by atoms with Crippen molar-refractivity contribution in [2.24, 2.45) is 0 Å². The number of H-pyrrole nitrogens is 1. The van der Waals surface area contributed by atoms with Gasteiger partial charge < -0.3 is 4.90 Å². The predicted molar refractivity (Wildman–Crippen MR) is 79.1 cm³/mol. The molecule has 0 saturated carbocycles. The average Bonchev–Trinajstić information content (AvgIpc) is 3.00. The van der Waals surface area contributed by atoms with Gasteiger partial charge in [-0.25, -0.2) is 9.36 Å². The number of alkyl halides is 3. The molecule has 1 aromatic carbocycles. The molecule has 0 spiro atoms. The lowest BCUT2D eigenvalue weighted by atomic mass is 10.2. The molecule has 122 valence electrons. The van der Waals surface area contributed by atoms with Crippen LogP contribution in [0.1, 0.15) is 18.4 Å². The molecule has 1 fully saturated rings. The molecule has 1 aliphatic heterocycles. The Labute approximate surface area is 129 Å². The number of benzene rings is 1. The Morgan fingerprint density at radius 3 is 2.35 bits per heavy atom. The molecule has 1 aromatic heterocycles. The Morgan fingerprint density at radius 1 is 1.04 bits per heavy atom. The van der Waals surface area contributed by atoms with Crippen LogP contribution in [0.4, 0.5) is 19.0 Å². The number of aromatic amines is 1. The summed E-state index contributed by atoms with van der Waals surface area (Å²) in [6.45, 7) is 1.48. The molecule has 23 heavy (non-hydrogen) atoms. The van der Waals surface area contributed by atoms with Gasteiger partial charge in [-0.1, -0.05) is 6.07 Å². The van der Waals surface area contributed by atoms with Crippen molar-refractivity contribution in [2.75, 3.05) is 18.0 Å². The fraction of sp³-hybridized carbons (Fsp3) is 0.333. The van der Waals surface area contributed by atoms with Crippen LogP contribution in [0, 0.1) is 0 Å². The zero-order chi connectivity index (χ0) is 16.6. The molecule has 3 rings (SSSR count). The number of aromatic nitrogens is 2. The lowest BCUT2D eigenvalue weighted by molar-refractivity contribution is -0.137. The van der Waals surface area contributed by atoms with Gasteiger partial charge in [-0.3, -0.25) is 9.78 Å². The number of nitrogens with one attached hydrogen (secondary N) is 1. The van der Waals surface area contributed by atoms with Gasteiger partial charge in [0.1, 0.15) is 5.82 Å². The van der Waals surface area contributed by atoms with E-state index in [1.165, 1.54) is 18.2 Å². The van der Waals surface area contributed by atoms with E-state index in [-0.39, 0.29) is 5.69 Å². The molecule has 8 heteroatoms. The van der Waals surface area contributed by atoms with Gasteiger partial charge in [-0.15, -0.1) is 0 Å². The molecule has 2 aromatic rings. The molecule has 0 unspecified atom stereocenters. The molecule has 1 saturated heterocycles. The summed E-state index contributed by atoms with van der Waals surface area (Å²) in [6, 6.07) is 5.38. The summed E-state index contributed by atoms with van der Waals surface area (Å²) in [4.78, 5) is 28.8. The first-order valence-electron chi connectivity index (χ1n) is 7.15. The third kappa shape index (κ3) is 3.01. The zero-order valence-electron chi connectivity index (χ0n) is 12.1. The molecule has 0 bridgehead atoms. The van der Waals surface area contributed by atoms with Gasteiger partial charge in [0, 0.05) is 19.2 Å². The number of halogens is 3. The van der Waals surface area contributed by atoms with E-state index in [0.717, 1.165) is 38.1 Å². The molecule has 5 nitrogen and oxygen atoms in total. The number of anilines is 1. The molecule has 0 aliphatic carbocycles. The standard InChI is InChI=1S/C15H14F3N3O2/c16-15(17,18)10-4-3-5-11(8-10)21-13(22)9-12(19-14(21)23)20-6-1-2-7-20/h3-5,8-9H,1-2,6-7H2,(H,19,23). The molecular weight excluding hydrogens is 311 g/mol. The minimum Gasteiger partial charge on any atom is -0.358 e. The summed E-state index contributed by atoms with van der Waals surface area (Å²) in [5, 5.41) is 0. The number of rotatable bonds is 2. The monoisotopic (exact) mass is 325 g/mol. The minimum atomic E-state index is -4.54. The van der Waals surface area contributed by atoms with Crippen LogP contribution in [-0.4, -0.2) is 22.6 Å². The summed E-state index contributed by atoms with van der Waals surface area (Å²) in [7, 11) is 0. The summed E-state index contributed by atoms with van der Waals surface area (Å²) in [6.07, 6.45) is -2.60. The maximum atomic E-state index is 12.8. The maximum Gasteiger partial charge on any atom is 0.416 e. The Kier molecular flexibility index (Phi) is 3.75. The third-order valence-corrected chi connectivity index (χ3v) is 3.80. The van der Waals surface area contributed by atoms with Gasteiger partial charge in [0.2, 0.25) is 0 Å². The second-order valence-electron chi connectivity index (χ2n) is 5.38. The van der Waals surface area contributed by atoms with Crippen LogP contribution in [-0.2, 0) is 6.18 Å². The van der Waals surface area contributed by atoms with Crippen molar-refractivity contribution in [3.8, 4) is 5.69 Å². The summed E-state index contributed by atoms with van der Waals surface area (Å²) in [5.41, 5.74) is -2.43. The summed E-state index contributed by atoms with van der Waals surface area (Å²) < 4.78 is 39.0. The van der Waals surface area contributed by atoms with Crippen molar-refractivity contribution in [3.63, 3.8) is 0 Å². The van der Waals surface area contributed by atoms with E-state index in [1.54, 1.807) is 0 Å². The van der Waals surface area contributed by atoms with Crippen LogP contribution in [0.25, 0.3) is 5.69 Å². The first-order valence-corrected chi connectivity index (χ1v) is 7.15. The van der Waals surface area contributed by atoms with Crippen LogP contribution in [0.3, 0.4) is 0 Å². The van der Waals surface area contributed by atoms with Crippen LogP contribution in [0.5, 0.6) is 0 Å². The van der Waals surface area contributed by atoms with E-state index < -0.39 is 23.0 Å². The average molecular weight is 325 g/mol. The van der Waals surface area contributed by atoms with Gasteiger partial charge in [-0.2, -0.15) is 13.2 Å². The highest BCUT2D eigenvalue weighted by molar-refractivity contribution is 5.41. The first-order chi connectivity index (χ1) is 10.9. The van der Waals surface area contributed by atoms with Crippen molar-refractivity contribution in [3.05, 3.63) is 56.7 Å². The van der Waals surface area contributed by atoms with Gasteiger partial charge >= 0.3 is 11.9 Å². The normalized spacial score (nSPS) is 15.2. The minimum absolute atomic E-state index is 0.112. The van der Waals surface area contributed by atoms with Gasteiger partial charge in [0.15, 0.2) is 0 Å². The van der Waals surface area contributed by atoms with Crippen LogP contribution in [0.15, 0.2) is 39.9 Å². The lowest BCUT2D eigenvalue weighted by Gasteiger charge is -2.17. The number of hydrogen-bond acceptors (Lipinski definition) is 3. The highest BCUT2D eigenvalue weighted by Gasteiger charge is 2.30. The topological polar surface area (TPSA) is 58.1 Å². The Hall–Kier alpha value is -2.51. The van der Waals surface area contributed by atoms with E-state index in [4.69, 9.17) is 0 Å².